The lowest BCUT2D eigenvalue weighted by atomic mass is 10.0. The maximum atomic E-state index is 11.6. The summed E-state index contributed by atoms with van der Waals surface area (Å²) in [6, 6.07) is 7.69. The lowest BCUT2D eigenvalue weighted by Crippen LogP contribution is -2.45. The van der Waals surface area contributed by atoms with Crippen molar-refractivity contribution in [2.24, 2.45) is 0 Å². The van der Waals surface area contributed by atoms with Gasteiger partial charge in [0.2, 0.25) is 0 Å². The summed E-state index contributed by atoms with van der Waals surface area (Å²) in [6.07, 6.45) is 22.1. The van der Waals surface area contributed by atoms with Crippen LogP contribution in [0.1, 0.15) is 102 Å². The van der Waals surface area contributed by atoms with Gasteiger partial charge in [-0.05, 0) is 24.1 Å². The van der Waals surface area contributed by atoms with E-state index >= 15 is 0 Å². The van der Waals surface area contributed by atoms with E-state index in [4.69, 9.17) is 18.9 Å². The Bertz CT molecular complexity index is 672. The predicted molar refractivity (Wildman–Crippen MR) is 138 cm³/mol. The van der Waals surface area contributed by atoms with Gasteiger partial charge in [0, 0.05) is 6.08 Å². The molecule has 0 saturated carbocycles. The van der Waals surface area contributed by atoms with Gasteiger partial charge in [-0.25, -0.2) is 0 Å². The first kappa shape index (κ1) is 28.5. The molecule has 0 spiro atoms. The Morgan fingerprint density at radius 1 is 0.794 bits per heavy atom. The largest absolute Gasteiger partial charge is 0.497 e. The smallest absolute Gasteiger partial charge is 0.305 e. The molecule has 5 nitrogen and oxygen atoms in total. The molecule has 0 aliphatic carbocycles. The minimum Gasteiger partial charge on any atom is -0.497 e. The van der Waals surface area contributed by atoms with Gasteiger partial charge in [-0.1, -0.05) is 109 Å². The molecule has 0 N–H and O–H groups in total. The van der Waals surface area contributed by atoms with Crippen LogP contribution in [-0.4, -0.2) is 38.7 Å². The Kier molecular flexibility index (Phi) is 14.9. The Balaban J connectivity index is 1.57. The van der Waals surface area contributed by atoms with Crippen LogP contribution in [0.5, 0.6) is 5.75 Å². The number of benzene rings is 1. The molecule has 1 aromatic carbocycles. The third-order valence-corrected chi connectivity index (χ3v) is 6.27. The number of carbonyl (C=O) groups is 1. The first-order valence-corrected chi connectivity index (χ1v) is 13.4. The second-order valence-corrected chi connectivity index (χ2v) is 9.27. The van der Waals surface area contributed by atoms with Gasteiger partial charge < -0.3 is 18.9 Å². The summed E-state index contributed by atoms with van der Waals surface area (Å²) in [5, 5.41) is 0. The molecule has 5 heteroatoms. The molecule has 192 valence electrons. The molecule has 1 heterocycles. The van der Waals surface area contributed by atoms with Crippen LogP contribution < -0.4 is 4.74 Å². The highest BCUT2D eigenvalue weighted by Crippen LogP contribution is 2.24. The fraction of sp³-hybridized carbons (Fsp3) is 0.690. The molecule has 0 unspecified atom stereocenters. The first-order valence-electron chi connectivity index (χ1n) is 13.4. The zero-order valence-corrected chi connectivity index (χ0v) is 21.5. The summed E-state index contributed by atoms with van der Waals surface area (Å²) in [5.41, 5.74) is 0.976. The number of ether oxygens (including phenoxy) is 4. The summed E-state index contributed by atoms with van der Waals surface area (Å²) in [5.74, 6) is -0.560. The van der Waals surface area contributed by atoms with Crippen molar-refractivity contribution in [2.75, 3.05) is 26.9 Å². The average molecular weight is 475 g/mol. The fourth-order valence-corrected chi connectivity index (χ4v) is 4.10. The molecule has 0 bridgehead atoms. The van der Waals surface area contributed by atoms with E-state index in [-0.39, 0.29) is 19.0 Å². The minimum absolute atomic E-state index is 0.00565. The predicted octanol–water partition coefficient (Wildman–Crippen LogP) is 7.48. The Labute approximate surface area is 207 Å². The maximum absolute atomic E-state index is 11.6. The van der Waals surface area contributed by atoms with Crippen LogP contribution in [0.4, 0.5) is 0 Å². The number of hydrogen-bond donors (Lipinski definition) is 0. The molecule has 34 heavy (non-hydrogen) atoms. The number of carbonyl (C=O) groups excluding carboxylic acids is 1. The van der Waals surface area contributed by atoms with Gasteiger partial charge in [-0.15, -0.1) is 0 Å². The maximum Gasteiger partial charge on any atom is 0.305 e. The summed E-state index contributed by atoms with van der Waals surface area (Å²) in [7, 11) is 1.64. The Hall–Kier alpha value is -1.69. The molecular formula is C29H46O5. The van der Waals surface area contributed by atoms with Crippen LogP contribution in [0.2, 0.25) is 0 Å². The number of methoxy groups -OCH3 is 1. The molecule has 0 aromatic heterocycles. The lowest BCUT2D eigenvalue weighted by molar-refractivity contribution is -0.356. The topological polar surface area (TPSA) is 54.0 Å². The van der Waals surface area contributed by atoms with Crippen LogP contribution in [0.3, 0.4) is 0 Å². The van der Waals surface area contributed by atoms with E-state index in [1.165, 1.54) is 77.0 Å². The number of ketones is 1. The van der Waals surface area contributed by atoms with Crippen LogP contribution in [0, 0.1) is 0 Å². The number of hydrogen-bond acceptors (Lipinski definition) is 5. The number of unbranched alkanes of at least 4 members (excludes halogenated alkanes) is 13. The fourth-order valence-electron chi connectivity index (χ4n) is 4.10. The van der Waals surface area contributed by atoms with E-state index in [1.54, 1.807) is 13.2 Å². The summed E-state index contributed by atoms with van der Waals surface area (Å²) < 4.78 is 22.5. The van der Waals surface area contributed by atoms with E-state index in [0.29, 0.717) is 6.61 Å². The molecule has 0 amide bonds. The number of rotatable bonds is 19. The molecule has 1 saturated heterocycles. The van der Waals surface area contributed by atoms with Gasteiger partial charge >= 0.3 is 5.97 Å². The van der Waals surface area contributed by atoms with Crippen LogP contribution in [0.15, 0.2) is 30.3 Å². The van der Waals surface area contributed by atoms with Crippen LogP contribution in [-0.2, 0) is 19.0 Å². The standard InChI is InChI=1S/C29H46O5/c1-3-4-5-6-7-8-9-10-11-12-13-14-15-16-23-32-29(33-24-27(30)25-34-29)22-21-26-17-19-28(31-2)20-18-26/h17-22H,3-16,23-25H2,1-2H3/b22-21+. The van der Waals surface area contributed by atoms with Crippen molar-refractivity contribution in [3.8, 4) is 5.75 Å². The second kappa shape index (κ2) is 17.7. The van der Waals surface area contributed by atoms with Crippen molar-refractivity contribution in [1.82, 2.24) is 0 Å². The van der Waals surface area contributed by atoms with Gasteiger partial charge in [0.05, 0.1) is 13.7 Å². The van der Waals surface area contributed by atoms with Crippen molar-refractivity contribution in [2.45, 2.75) is 103 Å². The van der Waals surface area contributed by atoms with E-state index < -0.39 is 5.97 Å². The van der Waals surface area contributed by atoms with Crippen molar-refractivity contribution in [3.05, 3.63) is 35.9 Å². The van der Waals surface area contributed by atoms with Gasteiger partial charge in [0.15, 0.2) is 5.78 Å². The molecule has 0 radical (unpaired) electrons. The first-order chi connectivity index (χ1) is 16.7. The molecule has 2 rings (SSSR count). The van der Waals surface area contributed by atoms with E-state index in [2.05, 4.69) is 6.92 Å². The van der Waals surface area contributed by atoms with Crippen molar-refractivity contribution < 1.29 is 23.7 Å². The monoisotopic (exact) mass is 474 g/mol. The summed E-state index contributed by atoms with van der Waals surface area (Å²) in [4.78, 5) is 11.6. The van der Waals surface area contributed by atoms with E-state index in [1.807, 2.05) is 30.3 Å². The van der Waals surface area contributed by atoms with Crippen molar-refractivity contribution >= 4 is 11.9 Å². The molecule has 1 aliphatic heterocycles. The van der Waals surface area contributed by atoms with Gasteiger partial charge in [0.1, 0.15) is 19.0 Å². The molecule has 1 fully saturated rings. The zero-order chi connectivity index (χ0) is 24.3. The molecule has 0 atom stereocenters. The van der Waals surface area contributed by atoms with Crippen LogP contribution >= 0.6 is 0 Å². The molecule has 1 aliphatic rings. The summed E-state index contributed by atoms with van der Waals surface area (Å²) in [6.45, 7) is 2.82. The lowest BCUT2D eigenvalue weighted by Gasteiger charge is -2.33. The highest BCUT2D eigenvalue weighted by Gasteiger charge is 2.36. The second-order valence-electron chi connectivity index (χ2n) is 9.27. The van der Waals surface area contributed by atoms with Crippen molar-refractivity contribution in [1.29, 1.82) is 0 Å². The van der Waals surface area contributed by atoms with Gasteiger partial charge in [-0.3, -0.25) is 4.79 Å². The highest BCUT2D eigenvalue weighted by atomic mass is 16.9. The molecular weight excluding hydrogens is 428 g/mol. The average Bonchev–Trinajstić information content (AvgIpc) is 2.87. The third kappa shape index (κ3) is 12.1. The summed E-state index contributed by atoms with van der Waals surface area (Å²) >= 11 is 0. The third-order valence-electron chi connectivity index (χ3n) is 6.27. The normalized spacial score (nSPS) is 15.8. The van der Waals surface area contributed by atoms with E-state index in [9.17, 15) is 4.79 Å². The van der Waals surface area contributed by atoms with Crippen LogP contribution in [0.25, 0.3) is 6.08 Å². The highest BCUT2D eigenvalue weighted by molar-refractivity contribution is 5.81. The van der Waals surface area contributed by atoms with Gasteiger partial charge in [0.25, 0.3) is 0 Å². The SMILES string of the molecule is CCCCCCCCCCCCCCCCOC1(/C=C/c2ccc(OC)cc2)OCC(=O)CO1. The van der Waals surface area contributed by atoms with Crippen molar-refractivity contribution in [3.63, 3.8) is 0 Å². The Morgan fingerprint density at radius 2 is 1.29 bits per heavy atom. The van der Waals surface area contributed by atoms with E-state index in [0.717, 1.165) is 24.2 Å². The zero-order valence-electron chi connectivity index (χ0n) is 21.5. The Morgan fingerprint density at radius 3 is 1.79 bits per heavy atom. The quantitative estimate of drug-likeness (QED) is 0.195. The molecule has 1 aromatic rings. The van der Waals surface area contributed by atoms with Gasteiger partial charge in [-0.2, -0.15) is 0 Å². The number of Topliss-reactive ketones (excluding diaryl/α,β-unsaturated/α-hetero) is 1. The minimum atomic E-state index is -1.29.